The van der Waals surface area contributed by atoms with Crippen molar-refractivity contribution in [1.82, 2.24) is 4.98 Å². The van der Waals surface area contributed by atoms with Gasteiger partial charge >= 0.3 is 5.97 Å². The van der Waals surface area contributed by atoms with Crippen LogP contribution >= 0.6 is 11.3 Å². The fourth-order valence-corrected chi connectivity index (χ4v) is 1.98. The third kappa shape index (κ3) is 2.57. The molecule has 0 aromatic carbocycles. The number of carbonyl (C=O) groups excluding carboxylic acids is 2. The molecule has 94 valence electrons. The lowest BCUT2D eigenvalue weighted by atomic mass is 10.3. The van der Waals surface area contributed by atoms with E-state index in [0.29, 0.717) is 10.8 Å². The molecule has 0 aliphatic heterocycles. The van der Waals surface area contributed by atoms with Gasteiger partial charge in [0.25, 0.3) is 5.91 Å². The van der Waals surface area contributed by atoms with Crippen LogP contribution in [0.25, 0.3) is 0 Å². The highest BCUT2D eigenvalue weighted by atomic mass is 32.1. The van der Waals surface area contributed by atoms with Crippen LogP contribution in [0.15, 0.2) is 21.9 Å². The zero-order valence-corrected chi connectivity index (χ0v) is 10.3. The molecule has 0 spiro atoms. The number of hydrogen-bond acceptors (Lipinski definition) is 6. The van der Waals surface area contributed by atoms with Gasteiger partial charge in [-0.05, 0) is 11.4 Å². The second-order valence-corrected chi connectivity index (χ2v) is 4.37. The molecule has 18 heavy (non-hydrogen) atoms. The monoisotopic (exact) mass is 266 g/mol. The molecule has 2 rings (SSSR count). The minimum absolute atomic E-state index is 0.0773. The maximum absolute atomic E-state index is 11.6. The van der Waals surface area contributed by atoms with E-state index in [4.69, 9.17) is 14.9 Å². The van der Waals surface area contributed by atoms with Gasteiger partial charge in [0.15, 0.2) is 5.89 Å². The van der Waals surface area contributed by atoms with Gasteiger partial charge in [0.2, 0.25) is 5.76 Å². The Labute approximate surface area is 106 Å². The zero-order valence-electron chi connectivity index (χ0n) is 9.50. The number of aryl methyl sites for hydroxylation is 1. The topological polar surface area (TPSA) is 95.4 Å². The van der Waals surface area contributed by atoms with Crippen LogP contribution in [-0.2, 0) is 11.3 Å². The van der Waals surface area contributed by atoms with Crippen LogP contribution in [0.2, 0.25) is 0 Å². The van der Waals surface area contributed by atoms with Crippen LogP contribution in [0.5, 0.6) is 0 Å². The molecule has 2 aromatic heterocycles. The maximum Gasteiger partial charge on any atom is 0.348 e. The van der Waals surface area contributed by atoms with Crippen LogP contribution in [0.3, 0.4) is 0 Å². The molecular weight excluding hydrogens is 256 g/mol. The van der Waals surface area contributed by atoms with E-state index in [1.54, 1.807) is 24.4 Å². The first-order chi connectivity index (χ1) is 8.58. The summed E-state index contributed by atoms with van der Waals surface area (Å²) in [5.74, 6) is -0.990. The molecule has 0 fully saturated rings. The van der Waals surface area contributed by atoms with Gasteiger partial charge in [-0.15, -0.1) is 11.3 Å². The van der Waals surface area contributed by atoms with Gasteiger partial charge in [0.1, 0.15) is 17.2 Å². The van der Waals surface area contributed by atoms with Crippen molar-refractivity contribution in [2.75, 3.05) is 0 Å². The summed E-state index contributed by atoms with van der Waals surface area (Å²) in [7, 11) is 0. The Balaban J connectivity index is 2.06. The van der Waals surface area contributed by atoms with Gasteiger partial charge < -0.3 is 14.9 Å². The average molecular weight is 266 g/mol. The number of primary amides is 1. The number of aromatic nitrogens is 1. The van der Waals surface area contributed by atoms with Crippen molar-refractivity contribution in [2.24, 2.45) is 5.73 Å². The van der Waals surface area contributed by atoms with Gasteiger partial charge in [-0.25, -0.2) is 9.78 Å². The molecule has 2 N–H and O–H groups in total. The predicted octanol–water partition coefficient (Wildman–Crippen LogP) is 1.50. The fraction of sp³-hybridized carbons (Fsp3) is 0.182. The maximum atomic E-state index is 11.6. The summed E-state index contributed by atoms with van der Waals surface area (Å²) in [5.41, 5.74) is 5.34. The fourth-order valence-electron chi connectivity index (χ4n) is 1.36. The lowest BCUT2D eigenvalue weighted by Gasteiger charge is -2.00. The first-order valence-corrected chi connectivity index (χ1v) is 5.92. The number of nitrogens with two attached hydrogens (primary N) is 1. The first kappa shape index (κ1) is 12.3. The number of hydrogen-bond donors (Lipinski definition) is 1. The van der Waals surface area contributed by atoms with Gasteiger partial charge in [0, 0.05) is 6.92 Å². The molecule has 1 amide bonds. The lowest BCUT2D eigenvalue weighted by Crippen LogP contribution is -2.13. The van der Waals surface area contributed by atoms with E-state index < -0.39 is 11.9 Å². The normalized spacial score (nSPS) is 10.3. The van der Waals surface area contributed by atoms with E-state index in [9.17, 15) is 9.59 Å². The number of carbonyl (C=O) groups is 2. The van der Waals surface area contributed by atoms with Crippen molar-refractivity contribution in [1.29, 1.82) is 0 Å². The molecule has 0 aliphatic carbocycles. The van der Waals surface area contributed by atoms with Gasteiger partial charge in [0.05, 0.1) is 0 Å². The third-order valence-corrected chi connectivity index (χ3v) is 2.94. The van der Waals surface area contributed by atoms with Crippen LogP contribution < -0.4 is 5.73 Å². The number of amides is 1. The van der Waals surface area contributed by atoms with Crippen LogP contribution in [-0.4, -0.2) is 16.9 Å². The first-order valence-electron chi connectivity index (χ1n) is 5.04. The molecule has 0 saturated carbocycles. The molecular formula is C11H10N2O4S. The predicted molar refractivity (Wildman–Crippen MR) is 63.2 cm³/mol. The summed E-state index contributed by atoms with van der Waals surface area (Å²) in [6.07, 6.45) is 0. The minimum Gasteiger partial charge on any atom is -0.455 e. The van der Waals surface area contributed by atoms with E-state index in [2.05, 4.69) is 4.98 Å². The molecule has 2 heterocycles. The second-order valence-electron chi connectivity index (χ2n) is 3.43. The Bertz CT molecular complexity index is 574. The molecule has 0 bridgehead atoms. The standard InChI is InChI=1S/C11H10N2O4S/c1-6-13-7(9(17-6)10(12)14)5-16-11(15)8-3-2-4-18-8/h2-4H,5H2,1H3,(H2,12,14). The Morgan fingerprint density at radius 2 is 2.33 bits per heavy atom. The summed E-state index contributed by atoms with van der Waals surface area (Å²) in [4.78, 5) is 27.1. The van der Waals surface area contributed by atoms with E-state index in [1.165, 1.54) is 11.3 Å². The SMILES string of the molecule is Cc1nc(COC(=O)c2cccs2)c(C(N)=O)o1. The van der Waals surface area contributed by atoms with Crippen molar-refractivity contribution in [3.63, 3.8) is 0 Å². The lowest BCUT2D eigenvalue weighted by molar-refractivity contribution is 0.0470. The Morgan fingerprint density at radius 3 is 2.94 bits per heavy atom. The molecule has 0 unspecified atom stereocenters. The highest BCUT2D eigenvalue weighted by molar-refractivity contribution is 7.11. The Kier molecular flexibility index (Phi) is 3.42. The Morgan fingerprint density at radius 1 is 1.56 bits per heavy atom. The molecule has 0 aliphatic rings. The summed E-state index contributed by atoms with van der Waals surface area (Å²) in [6, 6.07) is 3.40. The smallest absolute Gasteiger partial charge is 0.348 e. The number of thiophene rings is 1. The van der Waals surface area contributed by atoms with E-state index in [0.717, 1.165) is 0 Å². The molecule has 0 radical (unpaired) electrons. The second kappa shape index (κ2) is 5.01. The molecule has 0 saturated heterocycles. The molecule has 0 atom stereocenters. The van der Waals surface area contributed by atoms with E-state index in [1.807, 2.05) is 0 Å². The summed E-state index contributed by atoms with van der Waals surface area (Å²) >= 11 is 1.27. The van der Waals surface area contributed by atoms with Crippen LogP contribution in [0.4, 0.5) is 0 Å². The van der Waals surface area contributed by atoms with Crippen molar-refractivity contribution in [3.8, 4) is 0 Å². The third-order valence-electron chi connectivity index (χ3n) is 2.09. The molecule has 2 aromatic rings. The summed E-state index contributed by atoms with van der Waals surface area (Å²) in [5, 5.41) is 1.77. The number of oxazole rings is 1. The van der Waals surface area contributed by atoms with Crippen molar-refractivity contribution >= 4 is 23.2 Å². The number of nitrogens with zero attached hydrogens (tertiary/aromatic N) is 1. The minimum atomic E-state index is -0.738. The van der Waals surface area contributed by atoms with Crippen LogP contribution in [0.1, 0.15) is 31.8 Å². The van der Waals surface area contributed by atoms with Crippen LogP contribution in [0, 0.1) is 6.92 Å². The summed E-state index contributed by atoms with van der Waals surface area (Å²) in [6.45, 7) is 1.43. The quantitative estimate of drug-likeness (QED) is 0.846. The van der Waals surface area contributed by atoms with Crippen molar-refractivity contribution in [2.45, 2.75) is 13.5 Å². The van der Waals surface area contributed by atoms with Gasteiger partial charge in [-0.3, -0.25) is 4.79 Å². The summed E-state index contributed by atoms with van der Waals surface area (Å²) < 4.78 is 10.0. The van der Waals surface area contributed by atoms with Gasteiger partial charge in [-0.2, -0.15) is 0 Å². The highest BCUT2D eigenvalue weighted by Gasteiger charge is 2.18. The largest absolute Gasteiger partial charge is 0.455 e. The number of rotatable bonds is 4. The zero-order chi connectivity index (χ0) is 13.1. The van der Waals surface area contributed by atoms with Crippen molar-refractivity contribution < 1.29 is 18.7 Å². The molecule has 6 nitrogen and oxygen atoms in total. The Hall–Kier alpha value is -2.15. The molecule has 7 heteroatoms. The van der Waals surface area contributed by atoms with E-state index >= 15 is 0 Å². The highest BCUT2D eigenvalue weighted by Crippen LogP contribution is 2.14. The number of esters is 1. The van der Waals surface area contributed by atoms with Crippen molar-refractivity contribution in [3.05, 3.63) is 39.7 Å². The van der Waals surface area contributed by atoms with E-state index in [-0.39, 0.29) is 18.1 Å². The van der Waals surface area contributed by atoms with Gasteiger partial charge in [-0.1, -0.05) is 6.07 Å². The average Bonchev–Trinajstić information content (AvgIpc) is 2.94. The number of ether oxygens (including phenoxy) is 1.